The molecule has 0 saturated carbocycles. The second kappa shape index (κ2) is 7.27. The monoisotopic (exact) mass is 353 g/mol. The van der Waals surface area contributed by atoms with Gasteiger partial charge >= 0.3 is 0 Å². The Morgan fingerprint density at radius 2 is 1.77 bits per heavy atom. The van der Waals surface area contributed by atoms with E-state index >= 15 is 0 Å². The second-order valence-electron chi connectivity index (χ2n) is 6.88. The average Bonchev–Trinajstić information content (AvgIpc) is 3.35. The van der Waals surface area contributed by atoms with E-state index in [-0.39, 0.29) is 11.8 Å². The Labute approximate surface area is 152 Å². The summed E-state index contributed by atoms with van der Waals surface area (Å²) in [4.78, 5) is 35.9. The molecule has 7 nitrogen and oxygen atoms in total. The van der Waals surface area contributed by atoms with Gasteiger partial charge in [0.05, 0.1) is 5.69 Å². The van der Waals surface area contributed by atoms with E-state index in [2.05, 4.69) is 15.3 Å². The zero-order valence-electron chi connectivity index (χ0n) is 14.8. The van der Waals surface area contributed by atoms with Crippen LogP contribution in [0.5, 0.6) is 0 Å². The topological polar surface area (TPSA) is 80.1 Å². The molecule has 0 aromatic carbocycles. The van der Waals surface area contributed by atoms with Gasteiger partial charge in [0.25, 0.3) is 11.8 Å². The fraction of sp³-hybridized carbons (Fsp3) is 0.474. The summed E-state index contributed by atoms with van der Waals surface area (Å²) in [6, 6.07) is 3.73. The van der Waals surface area contributed by atoms with Crippen LogP contribution in [0.1, 0.15) is 58.0 Å². The van der Waals surface area contributed by atoms with Gasteiger partial charge in [-0.2, -0.15) is 0 Å². The fourth-order valence-corrected chi connectivity index (χ4v) is 3.72. The van der Waals surface area contributed by atoms with Crippen LogP contribution >= 0.6 is 0 Å². The number of nitrogens with one attached hydrogen (secondary N) is 1. The molecule has 2 amide bonds. The van der Waals surface area contributed by atoms with Crippen molar-refractivity contribution in [2.75, 3.05) is 13.1 Å². The number of pyridine rings is 1. The molecule has 1 N–H and O–H groups in total. The van der Waals surface area contributed by atoms with Crippen molar-refractivity contribution in [3.05, 3.63) is 47.3 Å². The predicted octanol–water partition coefficient (Wildman–Crippen LogP) is 1.78. The molecule has 4 rings (SSSR count). The first-order chi connectivity index (χ1) is 12.7. The second-order valence-corrected chi connectivity index (χ2v) is 6.88. The van der Waals surface area contributed by atoms with Gasteiger partial charge in [-0.15, -0.1) is 0 Å². The smallest absolute Gasteiger partial charge is 0.289 e. The number of rotatable bonds is 4. The Morgan fingerprint density at radius 3 is 2.54 bits per heavy atom. The molecule has 2 aromatic heterocycles. The first-order valence-corrected chi connectivity index (χ1v) is 9.30. The van der Waals surface area contributed by atoms with Crippen molar-refractivity contribution in [3.8, 4) is 0 Å². The highest BCUT2D eigenvalue weighted by atomic mass is 16.2. The van der Waals surface area contributed by atoms with Crippen LogP contribution in [-0.4, -0.2) is 44.3 Å². The van der Waals surface area contributed by atoms with E-state index in [9.17, 15) is 9.59 Å². The molecule has 1 fully saturated rings. The molecule has 26 heavy (non-hydrogen) atoms. The third-order valence-corrected chi connectivity index (χ3v) is 5.12. The van der Waals surface area contributed by atoms with E-state index in [1.165, 1.54) is 0 Å². The maximum absolute atomic E-state index is 12.8. The Bertz CT molecular complexity index is 809. The van der Waals surface area contributed by atoms with Crippen LogP contribution in [0.3, 0.4) is 0 Å². The van der Waals surface area contributed by atoms with Gasteiger partial charge in [0, 0.05) is 38.6 Å². The Balaban J connectivity index is 1.57. The number of fused-ring (bicyclic) bond motifs is 1. The van der Waals surface area contributed by atoms with Gasteiger partial charge in [-0.25, -0.2) is 4.98 Å². The van der Waals surface area contributed by atoms with Crippen LogP contribution in [0, 0.1) is 0 Å². The first-order valence-electron chi connectivity index (χ1n) is 9.30. The minimum atomic E-state index is -0.215. The lowest BCUT2D eigenvalue weighted by Gasteiger charge is -2.19. The predicted molar refractivity (Wildman–Crippen MR) is 95.7 cm³/mol. The third-order valence-electron chi connectivity index (χ3n) is 5.12. The molecule has 0 spiro atoms. The van der Waals surface area contributed by atoms with Crippen molar-refractivity contribution >= 4 is 11.8 Å². The molecular weight excluding hydrogens is 330 g/mol. The van der Waals surface area contributed by atoms with E-state index < -0.39 is 0 Å². The highest BCUT2D eigenvalue weighted by Gasteiger charge is 2.30. The molecule has 136 valence electrons. The van der Waals surface area contributed by atoms with Gasteiger partial charge in [0.2, 0.25) is 0 Å². The van der Waals surface area contributed by atoms with Crippen LogP contribution in [0.4, 0.5) is 0 Å². The molecule has 7 heteroatoms. The van der Waals surface area contributed by atoms with Crippen molar-refractivity contribution in [1.82, 2.24) is 24.8 Å². The van der Waals surface area contributed by atoms with Crippen LogP contribution in [0.15, 0.2) is 24.5 Å². The molecular formula is C19H23N5O2. The molecule has 2 aromatic rings. The van der Waals surface area contributed by atoms with E-state index in [0.29, 0.717) is 18.1 Å². The SMILES string of the molecule is O=C(NCc1ccncc1)c1nc(C(=O)N2CCCC2)n2c1CCCC2. The van der Waals surface area contributed by atoms with Gasteiger partial charge in [-0.05, 0) is 49.8 Å². The summed E-state index contributed by atoms with van der Waals surface area (Å²) >= 11 is 0. The first kappa shape index (κ1) is 16.8. The Hall–Kier alpha value is -2.70. The highest BCUT2D eigenvalue weighted by molar-refractivity contribution is 5.97. The van der Waals surface area contributed by atoms with Crippen LogP contribution in [0.2, 0.25) is 0 Å². The van der Waals surface area contributed by atoms with Crippen LogP contribution in [0.25, 0.3) is 0 Å². The molecule has 0 aliphatic carbocycles. The number of amides is 2. The molecule has 2 aliphatic heterocycles. The van der Waals surface area contributed by atoms with E-state index in [4.69, 9.17) is 0 Å². The standard InChI is InChI=1S/C19H23N5O2/c25-18(21-13-14-6-8-20-9-7-14)16-15-5-1-2-12-24(15)17(22-16)19(26)23-10-3-4-11-23/h6-9H,1-5,10-13H2,(H,21,25). The number of imidazole rings is 1. The van der Waals surface area contributed by atoms with Crippen LogP contribution < -0.4 is 5.32 Å². The minimum absolute atomic E-state index is 0.0427. The number of carbonyl (C=O) groups excluding carboxylic acids is 2. The number of likely N-dealkylation sites (tertiary alicyclic amines) is 1. The quantitative estimate of drug-likeness (QED) is 0.909. The Kier molecular flexibility index (Phi) is 4.69. The zero-order chi connectivity index (χ0) is 17.9. The summed E-state index contributed by atoms with van der Waals surface area (Å²) in [5.74, 6) is 0.169. The largest absolute Gasteiger partial charge is 0.347 e. The summed E-state index contributed by atoms with van der Waals surface area (Å²) in [6.45, 7) is 2.74. The van der Waals surface area contributed by atoms with Gasteiger partial charge in [-0.1, -0.05) is 0 Å². The normalized spacial score (nSPS) is 16.4. The molecule has 2 aliphatic rings. The number of aromatic nitrogens is 3. The van der Waals surface area contributed by atoms with Gasteiger partial charge in [0.1, 0.15) is 5.69 Å². The molecule has 0 radical (unpaired) electrons. The fourth-order valence-electron chi connectivity index (χ4n) is 3.72. The summed E-state index contributed by atoms with van der Waals surface area (Å²) < 4.78 is 1.96. The summed E-state index contributed by atoms with van der Waals surface area (Å²) in [7, 11) is 0. The molecule has 0 atom stereocenters. The Morgan fingerprint density at radius 1 is 1.04 bits per heavy atom. The van der Waals surface area contributed by atoms with Gasteiger partial charge in [-0.3, -0.25) is 14.6 Å². The maximum atomic E-state index is 12.8. The number of hydrogen-bond acceptors (Lipinski definition) is 4. The van der Waals surface area contributed by atoms with Crippen molar-refractivity contribution in [2.45, 2.75) is 45.2 Å². The molecule has 0 bridgehead atoms. The number of hydrogen-bond donors (Lipinski definition) is 1. The number of nitrogens with zero attached hydrogens (tertiary/aromatic N) is 4. The summed E-state index contributed by atoms with van der Waals surface area (Å²) in [5.41, 5.74) is 2.28. The number of carbonyl (C=O) groups is 2. The lowest BCUT2D eigenvalue weighted by Crippen LogP contribution is -2.31. The lowest BCUT2D eigenvalue weighted by atomic mass is 10.1. The van der Waals surface area contributed by atoms with E-state index in [1.807, 2.05) is 21.6 Å². The third kappa shape index (κ3) is 3.21. The lowest BCUT2D eigenvalue weighted by molar-refractivity contribution is 0.0774. The summed E-state index contributed by atoms with van der Waals surface area (Å²) in [6.07, 6.45) is 8.31. The average molecular weight is 353 g/mol. The van der Waals surface area contributed by atoms with Crippen molar-refractivity contribution in [1.29, 1.82) is 0 Å². The zero-order valence-corrected chi connectivity index (χ0v) is 14.8. The van der Waals surface area contributed by atoms with Gasteiger partial charge < -0.3 is 14.8 Å². The van der Waals surface area contributed by atoms with Crippen molar-refractivity contribution < 1.29 is 9.59 Å². The summed E-state index contributed by atoms with van der Waals surface area (Å²) in [5, 5.41) is 2.92. The maximum Gasteiger partial charge on any atom is 0.289 e. The van der Waals surface area contributed by atoms with E-state index in [1.54, 1.807) is 12.4 Å². The van der Waals surface area contributed by atoms with E-state index in [0.717, 1.165) is 63.0 Å². The minimum Gasteiger partial charge on any atom is -0.347 e. The molecule has 1 saturated heterocycles. The van der Waals surface area contributed by atoms with Crippen molar-refractivity contribution in [2.24, 2.45) is 0 Å². The van der Waals surface area contributed by atoms with Crippen LogP contribution in [-0.2, 0) is 19.5 Å². The van der Waals surface area contributed by atoms with Crippen molar-refractivity contribution in [3.63, 3.8) is 0 Å². The molecule has 4 heterocycles. The highest BCUT2D eigenvalue weighted by Crippen LogP contribution is 2.23. The molecule has 0 unspecified atom stereocenters. The van der Waals surface area contributed by atoms with Gasteiger partial charge in [0.15, 0.2) is 5.82 Å².